The second kappa shape index (κ2) is 6.81. The van der Waals surface area contributed by atoms with Crippen LogP contribution in [0.25, 0.3) is 32.3 Å². The molecule has 5 atom stereocenters. The third-order valence-corrected chi connectivity index (χ3v) is 8.63. The van der Waals surface area contributed by atoms with Crippen molar-refractivity contribution in [2.75, 3.05) is 0 Å². The van der Waals surface area contributed by atoms with Crippen LogP contribution in [0.15, 0.2) is 66.7 Å². The predicted molar refractivity (Wildman–Crippen MR) is 131 cm³/mol. The quantitative estimate of drug-likeness (QED) is 0.311. The molecule has 4 aromatic carbocycles. The first kappa shape index (κ1) is 19.3. The van der Waals surface area contributed by atoms with Gasteiger partial charge in [-0.15, -0.1) is 0 Å². The average Bonchev–Trinajstić information content (AvgIpc) is 3.28. The summed E-state index contributed by atoms with van der Waals surface area (Å²) in [5.74, 6) is 3.21. The highest BCUT2D eigenvalue weighted by molar-refractivity contribution is 6.05. The van der Waals surface area contributed by atoms with E-state index in [-0.39, 0.29) is 5.60 Å². The Morgan fingerprint density at radius 2 is 1.35 bits per heavy atom. The molecular weight excluding hydrogens is 376 g/mol. The third kappa shape index (κ3) is 3.01. The zero-order chi connectivity index (χ0) is 21.3. The fourth-order valence-electron chi connectivity index (χ4n) is 6.69. The van der Waals surface area contributed by atoms with Gasteiger partial charge < -0.3 is 4.74 Å². The second-order valence-electron chi connectivity index (χ2n) is 10.7. The van der Waals surface area contributed by atoms with Crippen LogP contribution in [0.4, 0.5) is 0 Å². The van der Waals surface area contributed by atoms with E-state index in [0.29, 0.717) is 6.10 Å². The molecule has 0 amide bonds. The third-order valence-electron chi connectivity index (χ3n) is 8.63. The molecule has 0 aliphatic heterocycles. The van der Waals surface area contributed by atoms with E-state index in [9.17, 15) is 0 Å². The molecule has 5 unspecified atom stereocenters. The van der Waals surface area contributed by atoms with Crippen molar-refractivity contribution >= 4 is 32.3 Å². The van der Waals surface area contributed by atoms with Crippen LogP contribution in [0.5, 0.6) is 0 Å². The Hall–Kier alpha value is -2.38. The lowest BCUT2D eigenvalue weighted by Crippen LogP contribution is -2.36. The Labute approximate surface area is 185 Å². The average molecular weight is 409 g/mol. The van der Waals surface area contributed by atoms with Gasteiger partial charge in [-0.05, 0) is 113 Å². The molecule has 0 heterocycles. The van der Waals surface area contributed by atoms with E-state index in [1.807, 2.05) is 0 Å². The standard InChI is InChI=1S/C30H32O/c1-18-19(2)26-15-23(18)17-29(26)31-30(3,4)28-11-7-10-22-14-24-12-20-8-5-6-9-21(20)13-25(24)16-27(22)28/h5-14,16,18-19,23,26,29H,15,17H2,1-4H3. The second-order valence-corrected chi connectivity index (χ2v) is 10.7. The summed E-state index contributed by atoms with van der Waals surface area (Å²) in [6.45, 7) is 9.42. The molecule has 2 fully saturated rings. The van der Waals surface area contributed by atoms with Gasteiger partial charge in [0.05, 0.1) is 11.7 Å². The van der Waals surface area contributed by atoms with E-state index in [4.69, 9.17) is 4.74 Å². The van der Waals surface area contributed by atoms with E-state index in [2.05, 4.69) is 94.4 Å². The molecule has 1 heteroatoms. The summed E-state index contributed by atoms with van der Waals surface area (Å²) < 4.78 is 6.93. The number of rotatable bonds is 3. The van der Waals surface area contributed by atoms with Gasteiger partial charge >= 0.3 is 0 Å². The van der Waals surface area contributed by atoms with Crippen molar-refractivity contribution in [3.05, 3.63) is 72.3 Å². The molecule has 0 aromatic heterocycles. The highest BCUT2D eigenvalue weighted by Gasteiger charge is 2.50. The van der Waals surface area contributed by atoms with Crippen LogP contribution in [0.2, 0.25) is 0 Å². The molecule has 31 heavy (non-hydrogen) atoms. The Morgan fingerprint density at radius 1 is 0.710 bits per heavy atom. The van der Waals surface area contributed by atoms with Gasteiger partial charge in [-0.1, -0.05) is 56.3 Å². The van der Waals surface area contributed by atoms with Crippen LogP contribution in [-0.2, 0) is 10.3 Å². The smallest absolute Gasteiger partial charge is 0.0885 e. The summed E-state index contributed by atoms with van der Waals surface area (Å²) in [7, 11) is 0. The summed E-state index contributed by atoms with van der Waals surface area (Å²) in [6, 6.07) is 24.7. The molecule has 0 N–H and O–H groups in total. The molecule has 158 valence electrons. The molecule has 0 spiro atoms. The number of benzene rings is 4. The summed E-state index contributed by atoms with van der Waals surface area (Å²) >= 11 is 0. The summed E-state index contributed by atoms with van der Waals surface area (Å²) in [6.07, 6.45) is 2.99. The normalized spacial score (nSPS) is 28.2. The van der Waals surface area contributed by atoms with Gasteiger partial charge in [0.15, 0.2) is 0 Å². The first-order chi connectivity index (χ1) is 14.9. The molecule has 1 nitrogen and oxygen atoms in total. The SMILES string of the molecule is CC1C2CC(OC(C)(C)c3cccc4cc5cc6ccccc6cc5cc34)C(C2)C1C. The molecular formula is C30H32O. The zero-order valence-corrected chi connectivity index (χ0v) is 19.1. The molecule has 0 radical (unpaired) electrons. The number of ether oxygens (including phenoxy) is 1. The van der Waals surface area contributed by atoms with Gasteiger partial charge in [-0.2, -0.15) is 0 Å². The lowest BCUT2D eigenvalue weighted by Gasteiger charge is -2.38. The molecule has 0 saturated heterocycles. The summed E-state index contributed by atoms with van der Waals surface area (Å²) in [5.41, 5.74) is 1.01. The van der Waals surface area contributed by atoms with Crippen molar-refractivity contribution < 1.29 is 4.74 Å². The summed E-state index contributed by atoms with van der Waals surface area (Å²) in [5, 5.41) is 7.82. The monoisotopic (exact) mass is 408 g/mol. The maximum Gasteiger partial charge on any atom is 0.0885 e. The minimum absolute atomic E-state index is 0.303. The lowest BCUT2D eigenvalue weighted by atomic mass is 9.80. The van der Waals surface area contributed by atoms with E-state index in [0.717, 1.165) is 23.7 Å². The Morgan fingerprint density at radius 3 is 2.03 bits per heavy atom. The molecule has 2 bridgehead atoms. The zero-order valence-electron chi connectivity index (χ0n) is 19.1. The Bertz CT molecular complexity index is 1300. The van der Waals surface area contributed by atoms with Gasteiger partial charge in [-0.25, -0.2) is 0 Å². The van der Waals surface area contributed by atoms with Crippen LogP contribution in [-0.4, -0.2) is 6.10 Å². The molecule has 6 rings (SSSR count). The van der Waals surface area contributed by atoms with Crippen LogP contribution < -0.4 is 0 Å². The van der Waals surface area contributed by atoms with Gasteiger partial charge in [0, 0.05) is 0 Å². The summed E-state index contributed by atoms with van der Waals surface area (Å²) in [4.78, 5) is 0. The fraction of sp³-hybridized carbons (Fsp3) is 0.400. The van der Waals surface area contributed by atoms with Gasteiger partial charge in [0.2, 0.25) is 0 Å². The van der Waals surface area contributed by atoms with Crippen LogP contribution >= 0.6 is 0 Å². The molecule has 4 aromatic rings. The van der Waals surface area contributed by atoms with Crippen molar-refractivity contribution in [2.45, 2.75) is 52.2 Å². The Kier molecular flexibility index (Phi) is 4.24. The number of hydrogen-bond acceptors (Lipinski definition) is 1. The van der Waals surface area contributed by atoms with Crippen LogP contribution in [0, 0.1) is 23.7 Å². The largest absolute Gasteiger partial charge is 0.367 e. The first-order valence-electron chi connectivity index (χ1n) is 11.9. The van der Waals surface area contributed by atoms with E-state index in [1.165, 1.54) is 50.7 Å². The fourth-order valence-corrected chi connectivity index (χ4v) is 6.69. The number of hydrogen-bond donors (Lipinski definition) is 0. The highest BCUT2D eigenvalue weighted by atomic mass is 16.5. The van der Waals surface area contributed by atoms with Crippen molar-refractivity contribution in [1.82, 2.24) is 0 Å². The maximum atomic E-state index is 6.93. The highest BCUT2D eigenvalue weighted by Crippen LogP contribution is 2.54. The molecule has 2 aliphatic carbocycles. The Balaban J connectivity index is 1.42. The maximum absolute atomic E-state index is 6.93. The topological polar surface area (TPSA) is 9.23 Å². The van der Waals surface area contributed by atoms with Crippen molar-refractivity contribution in [3.8, 4) is 0 Å². The predicted octanol–water partition coefficient (Wildman–Crippen LogP) is 8.08. The van der Waals surface area contributed by atoms with Gasteiger partial charge in [0.1, 0.15) is 0 Å². The van der Waals surface area contributed by atoms with Crippen LogP contribution in [0.3, 0.4) is 0 Å². The molecule has 2 saturated carbocycles. The van der Waals surface area contributed by atoms with E-state index in [1.54, 1.807) is 0 Å². The number of fused-ring (bicyclic) bond motifs is 5. The first-order valence-corrected chi connectivity index (χ1v) is 11.9. The van der Waals surface area contributed by atoms with Crippen molar-refractivity contribution in [3.63, 3.8) is 0 Å². The lowest BCUT2D eigenvalue weighted by molar-refractivity contribution is -0.109. The van der Waals surface area contributed by atoms with Gasteiger partial charge in [0.25, 0.3) is 0 Å². The van der Waals surface area contributed by atoms with E-state index >= 15 is 0 Å². The minimum atomic E-state index is -0.303. The minimum Gasteiger partial charge on any atom is -0.367 e. The van der Waals surface area contributed by atoms with Crippen LogP contribution in [0.1, 0.15) is 46.1 Å². The van der Waals surface area contributed by atoms with Gasteiger partial charge in [-0.3, -0.25) is 0 Å². The molecule has 2 aliphatic rings. The van der Waals surface area contributed by atoms with Crippen molar-refractivity contribution in [1.29, 1.82) is 0 Å². The van der Waals surface area contributed by atoms with Crippen molar-refractivity contribution in [2.24, 2.45) is 23.7 Å². The van der Waals surface area contributed by atoms with E-state index < -0.39 is 0 Å².